The first-order valence-electron chi connectivity index (χ1n) is 30.8. The van der Waals surface area contributed by atoms with E-state index in [0.717, 1.165) is 0 Å². The largest absolute Gasteiger partial charge is 0.490 e. The second-order valence-electron chi connectivity index (χ2n) is 23.6. The molecule has 9 aromatic heterocycles. The first-order chi connectivity index (χ1) is 48.3. The zero-order chi connectivity index (χ0) is 74.2. The fraction of sp³-hybridized carbons (Fsp3) is 0.217. The lowest BCUT2D eigenvalue weighted by molar-refractivity contribution is 0.0680. The van der Waals surface area contributed by atoms with E-state index in [1.54, 1.807) is 31.8 Å². The molecule has 12 rings (SSSR count). The van der Waals surface area contributed by atoms with Gasteiger partial charge < -0.3 is 46.7 Å². The van der Waals surface area contributed by atoms with Crippen molar-refractivity contribution in [2.45, 2.75) is 98.4 Å². The van der Waals surface area contributed by atoms with Crippen molar-refractivity contribution in [3.05, 3.63) is 210 Å². The van der Waals surface area contributed by atoms with Crippen LogP contribution in [0, 0.1) is 17.5 Å². The van der Waals surface area contributed by atoms with Crippen LogP contribution in [0.2, 0.25) is 30.5 Å². The number of pyridine rings is 3. The van der Waals surface area contributed by atoms with Gasteiger partial charge in [-0.15, -0.1) is 0 Å². The predicted octanol–water partition coefficient (Wildman–Crippen LogP) is 16.4. The molecule has 0 fully saturated rings. The van der Waals surface area contributed by atoms with E-state index in [9.17, 15) is 14.4 Å². The number of carbonyl (C=O) groups is 3. The lowest BCUT2D eigenvalue weighted by Gasteiger charge is -2.23. The summed E-state index contributed by atoms with van der Waals surface area (Å²) >= 11 is 37.9. The van der Waals surface area contributed by atoms with Crippen LogP contribution >= 0.6 is 69.6 Å². The molecule has 0 aliphatic rings. The van der Waals surface area contributed by atoms with Gasteiger partial charge in [0.25, 0.3) is 0 Å². The van der Waals surface area contributed by atoms with Gasteiger partial charge in [-0.25, -0.2) is 72.4 Å². The van der Waals surface area contributed by atoms with E-state index < -0.39 is 53.1 Å². The van der Waals surface area contributed by atoms with Crippen LogP contribution in [0.5, 0.6) is 17.2 Å². The monoisotopic (exact) mass is 1510 g/mol. The van der Waals surface area contributed by atoms with E-state index in [4.69, 9.17) is 116 Å². The van der Waals surface area contributed by atoms with Crippen molar-refractivity contribution >= 4 is 122 Å². The highest BCUT2D eigenvalue weighted by molar-refractivity contribution is 6.34. The minimum atomic E-state index is -1.19. The molecule has 528 valence electrons. The number of rotatable bonds is 18. The zero-order valence-electron chi connectivity index (χ0n) is 55.1. The summed E-state index contributed by atoms with van der Waals surface area (Å²) in [6.45, 7) is 16.4. The Morgan fingerprint density at radius 1 is 0.412 bits per heavy atom. The van der Waals surface area contributed by atoms with Crippen molar-refractivity contribution in [2.24, 2.45) is 0 Å². The molecule has 33 heteroatoms. The third kappa shape index (κ3) is 14.9. The minimum Gasteiger partial charge on any atom is -0.490 e. The summed E-state index contributed by atoms with van der Waals surface area (Å²) in [6, 6.07) is 12.7. The van der Waals surface area contributed by atoms with Crippen molar-refractivity contribution < 1.29 is 57.1 Å². The number of benzene rings is 3. The molecule has 3 aromatic carbocycles. The van der Waals surface area contributed by atoms with Gasteiger partial charge in [0, 0.05) is 107 Å². The Kier molecular flexibility index (Phi) is 22.2. The second kappa shape index (κ2) is 30.5. The number of fused-ring (bicyclic) bond motifs is 3. The first kappa shape index (κ1) is 74.4. The van der Waals surface area contributed by atoms with Gasteiger partial charge in [-0.3, -0.25) is 13.2 Å². The average Bonchev–Trinajstić information content (AvgIpc) is 1.35. The van der Waals surface area contributed by atoms with Crippen LogP contribution in [-0.2, 0) is 0 Å². The van der Waals surface area contributed by atoms with E-state index in [1.807, 2.05) is 62.3 Å². The number of hydrogen-bond donors (Lipinski definition) is 6. The molecule has 0 aliphatic heterocycles. The SMILES string of the molecule is CC(C)Oc1c(C(C)c2nc(Cl)c3c(N)nccn23)cc(Cl)c(F)c1-c1ccc(C(=O)O)nc1.CC(C)Oc1c([C@@H](C)c2nc(Cl)c3c(N)nccn23)cc(Cl)c(F)c1-c1ccc(C(=O)O)nc1.CC(C)Oc1c([C@H](C)c2nc(Cl)c3c(N)nccn23)cc(Cl)c(F)c1-c1ccc(C(=O)O)nc1. The highest BCUT2D eigenvalue weighted by Gasteiger charge is 2.33. The third-order valence-corrected chi connectivity index (χ3v) is 17.4. The Morgan fingerprint density at radius 2 is 0.657 bits per heavy atom. The molecule has 0 aliphatic carbocycles. The van der Waals surface area contributed by atoms with E-state index >= 15 is 13.2 Å². The summed E-state index contributed by atoms with van der Waals surface area (Å²) in [5, 5.41) is 27.6. The topological polar surface area (TPSA) is 347 Å². The van der Waals surface area contributed by atoms with Crippen LogP contribution in [-0.4, -0.2) is 110 Å². The molecule has 3 atom stereocenters. The standard InChI is InChI=1S/3C23H20Cl2FN5O3/c3*1-10(2)34-19-13(11(3)22-30-20(25)18-21(27)28-6-7-31(18)22)8-14(24)17(26)16(19)12-4-5-15(23(32)33)29-9-12/h3*4-11H,1-3H3,(H2,27,28)(H,32,33)/t2*11-;/m10./s1. The summed E-state index contributed by atoms with van der Waals surface area (Å²) in [7, 11) is 0. The summed E-state index contributed by atoms with van der Waals surface area (Å²) in [6.07, 6.45) is 12.5. The van der Waals surface area contributed by atoms with Gasteiger partial charge in [-0.05, 0) is 77.9 Å². The lowest BCUT2D eigenvalue weighted by Crippen LogP contribution is -2.13. The van der Waals surface area contributed by atoms with Crippen LogP contribution in [0.4, 0.5) is 30.6 Å². The van der Waals surface area contributed by atoms with Gasteiger partial charge >= 0.3 is 17.9 Å². The fourth-order valence-corrected chi connectivity index (χ4v) is 12.6. The number of hydrogen-bond acceptors (Lipinski definition) is 18. The summed E-state index contributed by atoms with van der Waals surface area (Å²) in [5.41, 5.74) is 21.6. The normalized spacial score (nSPS) is 12.3. The van der Waals surface area contributed by atoms with Crippen molar-refractivity contribution in [3.63, 3.8) is 0 Å². The number of ether oxygens (including phenoxy) is 3. The number of halogens is 9. The zero-order valence-corrected chi connectivity index (χ0v) is 59.7. The third-order valence-electron chi connectivity index (χ3n) is 15.7. The van der Waals surface area contributed by atoms with E-state index in [-0.39, 0.29) is 117 Å². The predicted molar refractivity (Wildman–Crippen MR) is 382 cm³/mol. The molecule has 9 heterocycles. The molecule has 102 heavy (non-hydrogen) atoms. The molecule has 0 bridgehead atoms. The first-order valence-corrected chi connectivity index (χ1v) is 33.0. The van der Waals surface area contributed by atoms with Crippen LogP contribution < -0.4 is 31.4 Å². The number of anilines is 3. The molecular weight excluding hydrogens is 1450 g/mol. The molecule has 0 spiro atoms. The quantitative estimate of drug-likeness (QED) is 0.0465. The van der Waals surface area contributed by atoms with E-state index in [2.05, 4.69) is 44.9 Å². The minimum absolute atomic E-state index is 0.0700. The average molecular weight is 1510 g/mol. The molecule has 24 nitrogen and oxygen atoms in total. The van der Waals surface area contributed by atoms with Crippen molar-refractivity contribution in [1.29, 1.82) is 0 Å². The maximum Gasteiger partial charge on any atom is 0.354 e. The molecule has 0 saturated heterocycles. The Hall–Kier alpha value is -10.3. The van der Waals surface area contributed by atoms with E-state index in [0.29, 0.717) is 67.4 Å². The fourth-order valence-electron chi connectivity index (χ4n) is 11.2. The van der Waals surface area contributed by atoms with Crippen LogP contribution in [0.3, 0.4) is 0 Å². The Labute approximate surface area is 608 Å². The lowest BCUT2D eigenvalue weighted by atomic mass is 9.93. The molecule has 0 saturated carbocycles. The van der Waals surface area contributed by atoms with Gasteiger partial charge in [0.15, 0.2) is 50.4 Å². The Morgan fingerprint density at radius 3 is 0.863 bits per heavy atom. The number of aromatic carboxylic acids is 3. The Bertz CT molecular complexity index is 4730. The number of nitrogens with two attached hydrogens (primary N) is 3. The van der Waals surface area contributed by atoms with Gasteiger partial charge in [0.05, 0.1) is 50.1 Å². The molecule has 1 unspecified atom stereocenters. The molecule has 9 N–H and O–H groups in total. The second-order valence-corrected chi connectivity index (χ2v) is 25.9. The number of aromatic nitrogens is 12. The maximum absolute atomic E-state index is 15.4. The summed E-state index contributed by atoms with van der Waals surface area (Å²) in [5.74, 6) is -4.13. The van der Waals surface area contributed by atoms with Gasteiger partial charge in [-0.2, -0.15) is 0 Å². The van der Waals surface area contributed by atoms with Crippen LogP contribution in [0.15, 0.2) is 110 Å². The molecule has 0 radical (unpaired) electrons. The van der Waals surface area contributed by atoms with Gasteiger partial charge in [0.1, 0.15) is 68.4 Å². The van der Waals surface area contributed by atoms with Crippen molar-refractivity contribution in [2.75, 3.05) is 17.2 Å². The summed E-state index contributed by atoms with van der Waals surface area (Å²) < 4.78 is 69.6. The van der Waals surface area contributed by atoms with Crippen molar-refractivity contribution in [1.82, 2.24) is 58.1 Å². The van der Waals surface area contributed by atoms with E-state index in [1.165, 1.54) is 91.8 Å². The molecule has 0 amide bonds. The van der Waals surface area contributed by atoms with Gasteiger partial charge in [-0.1, -0.05) is 109 Å². The summed E-state index contributed by atoms with van der Waals surface area (Å²) in [4.78, 5) is 70.9. The number of nitrogen functional groups attached to an aromatic ring is 3. The highest BCUT2D eigenvalue weighted by atomic mass is 35.5. The number of imidazole rings is 3. The number of carboxylic acid groups (broad SMARTS) is 3. The maximum atomic E-state index is 15.4. The number of carboxylic acids is 3. The smallest absolute Gasteiger partial charge is 0.354 e. The van der Waals surface area contributed by atoms with Crippen molar-refractivity contribution in [3.8, 4) is 50.6 Å². The number of nitrogens with zero attached hydrogens (tertiary/aromatic N) is 12. The highest BCUT2D eigenvalue weighted by Crippen LogP contribution is 2.48. The van der Waals surface area contributed by atoms with Gasteiger partial charge in [0.2, 0.25) is 0 Å². The van der Waals surface area contributed by atoms with Crippen LogP contribution in [0.25, 0.3) is 49.9 Å². The Balaban J connectivity index is 0.000000165. The molecular formula is C69H60Cl6F3N15O9. The molecule has 12 aromatic rings. The van der Waals surface area contributed by atoms with Crippen LogP contribution in [0.1, 0.15) is 146 Å².